The largest absolute Gasteiger partial charge is 0.450 e. The van der Waals surface area contributed by atoms with Crippen molar-refractivity contribution < 1.29 is 22.5 Å². The first-order valence-corrected chi connectivity index (χ1v) is 7.08. The lowest BCUT2D eigenvalue weighted by Crippen LogP contribution is -2.23. The molecule has 0 spiro atoms. The van der Waals surface area contributed by atoms with E-state index in [4.69, 9.17) is 9.52 Å². The highest BCUT2D eigenvalue weighted by molar-refractivity contribution is 9.10. The van der Waals surface area contributed by atoms with Gasteiger partial charge in [0, 0.05) is 12.1 Å². The van der Waals surface area contributed by atoms with Gasteiger partial charge in [-0.15, -0.1) is 0 Å². The minimum absolute atomic E-state index is 0.00487. The van der Waals surface area contributed by atoms with Gasteiger partial charge in [-0.25, -0.2) is 13.1 Å². The molecular formula is C9H9BrN2O5S. The lowest BCUT2D eigenvalue weighted by atomic mass is 10.5. The Labute approximate surface area is 111 Å². The monoisotopic (exact) mass is 336 g/mol. The summed E-state index contributed by atoms with van der Waals surface area (Å²) in [4.78, 5) is -0.0740. The van der Waals surface area contributed by atoms with Crippen LogP contribution in [0, 0.1) is 0 Å². The Bertz CT molecular complexity index is 619. The van der Waals surface area contributed by atoms with Gasteiger partial charge >= 0.3 is 0 Å². The van der Waals surface area contributed by atoms with E-state index in [1.807, 2.05) is 0 Å². The molecule has 0 atom stereocenters. The van der Waals surface area contributed by atoms with E-state index in [1.165, 1.54) is 12.3 Å². The van der Waals surface area contributed by atoms with E-state index in [9.17, 15) is 8.42 Å². The van der Waals surface area contributed by atoms with Gasteiger partial charge in [0.1, 0.15) is 23.5 Å². The molecule has 0 aliphatic carbocycles. The summed E-state index contributed by atoms with van der Waals surface area (Å²) in [5.74, 6) is 0.156. The van der Waals surface area contributed by atoms with Crippen molar-refractivity contribution in [1.82, 2.24) is 9.88 Å². The SMILES string of the molecule is O=S(=O)(NCc1ccon1)c1cc(CO)oc1Br. The summed E-state index contributed by atoms with van der Waals surface area (Å²) in [7, 11) is -3.74. The number of nitrogens with zero attached hydrogens (tertiary/aromatic N) is 1. The van der Waals surface area contributed by atoms with Crippen LogP contribution in [0.1, 0.15) is 11.5 Å². The fourth-order valence-corrected chi connectivity index (χ4v) is 3.23. The van der Waals surface area contributed by atoms with E-state index in [0.29, 0.717) is 5.69 Å². The Morgan fingerprint density at radius 1 is 1.50 bits per heavy atom. The smallest absolute Gasteiger partial charge is 0.245 e. The number of halogens is 1. The number of furan rings is 1. The van der Waals surface area contributed by atoms with Gasteiger partial charge in [0.15, 0.2) is 4.67 Å². The number of nitrogens with one attached hydrogen (secondary N) is 1. The molecule has 2 aromatic heterocycles. The predicted octanol–water partition coefficient (Wildman–Crippen LogP) is 1.00. The third-order valence-electron chi connectivity index (χ3n) is 2.09. The molecule has 98 valence electrons. The molecule has 0 aromatic carbocycles. The first kappa shape index (κ1) is 13.3. The zero-order valence-corrected chi connectivity index (χ0v) is 11.4. The number of rotatable bonds is 5. The number of aromatic nitrogens is 1. The summed E-state index contributed by atoms with van der Waals surface area (Å²) in [6.45, 7) is -0.373. The lowest BCUT2D eigenvalue weighted by Gasteiger charge is -2.02. The van der Waals surface area contributed by atoms with Crippen LogP contribution in [-0.4, -0.2) is 18.7 Å². The molecule has 0 radical (unpaired) electrons. The third kappa shape index (κ3) is 2.80. The van der Waals surface area contributed by atoms with Crippen LogP contribution in [0.4, 0.5) is 0 Å². The molecule has 0 unspecified atom stereocenters. The fourth-order valence-electron chi connectivity index (χ4n) is 1.23. The van der Waals surface area contributed by atoms with Gasteiger partial charge in [-0.3, -0.25) is 0 Å². The van der Waals surface area contributed by atoms with E-state index in [0.717, 1.165) is 0 Å². The molecule has 0 bridgehead atoms. The van der Waals surface area contributed by atoms with E-state index < -0.39 is 10.0 Å². The quantitative estimate of drug-likeness (QED) is 0.843. The second kappa shape index (κ2) is 5.22. The average molecular weight is 337 g/mol. The molecule has 7 nitrogen and oxygen atoms in total. The summed E-state index contributed by atoms with van der Waals surface area (Å²) in [5.41, 5.74) is 0.459. The summed E-state index contributed by atoms with van der Waals surface area (Å²) in [6, 6.07) is 2.79. The van der Waals surface area contributed by atoms with Crippen LogP contribution in [0.2, 0.25) is 0 Å². The van der Waals surface area contributed by atoms with E-state index >= 15 is 0 Å². The van der Waals surface area contributed by atoms with Crippen molar-refractivity contribution >= 4 is 26.0 Å². The molecule has 2 N–H and O–H groups in total. The highest BCUT2D eigenvalue weighted by atomic mass is 79.9. The zero-order valence-electron chi connectivity index (χ0n) is 8.96. The summed E-state index contributed by atoms with van der Waals surface area (Å²) in [6.07, 6.45) is 1.35. The maximum absolute atomic E-state index is 11.9. The summed E-state index contributed by atoms with van der Waals surface area (Å²) in [5, 5.41) is 12.4. The minimum atomic E-state index is -3.74. The molecule has 2 aromatic rings. The van der Waals surface area contributed by atoms with Crippen molar-refractivity contribution in [3.8, 4) is 0 Å². The lowest BCUT2D eigenvalue weighted by molar-refractivity contribution is 0.245. The van der Waals surface area contributed by atoms with Gasteiger partial charge in [0.05, 0.1) is 12.2 Å². The third-order valence-corrected chi connectivity index (χ3v) is 4.34. The Balaban J connectivity index is 2.17. The molecule has 0 aliphatic rings. The zero-order chi connectivity index (χ0) is 13.2. The van der Waals surface area contributed by atoms with E-state index in [2.05, 4.69) is 30.3 Å². The van der Waals surface area contributed by atoms with Crippen LogP contribution in [-0.2, 0) is 23.2 Å². The molecular weight excluding hydrogens is 328 g/mol. The Morgan fingerprint density at radius 2 is 2.28 bits per heavy atom. The number of sulfonamides is 1. The van der Waals surface area contributed by atoms with Gasteiger partial charge < -0.3 is 14.0 Å². The predicted molar refractivity (Wildman–Crippen MR) is 62.9 cm³/mol. The van der Waals surface area contributed by atoms with Crippen LogP contribution in [0.15, 0.2) is 36.9 Å². The standard InChI is InChI=1S/C9H9BrN2O5S/c10-9-8(3-7(5-13)17-9)18(14,15)11-4-6-1-2-16-12-6/h1-3,11,13H,4-5H2. The van der Waals surface area contributed by atoms with Crippen LogP contribution < -0.4 is 4.72 Å². The van der Waals surface area contributed by atoms with Crippen molar-refractivity contribution in [2.24, 2.45) is 0 Å². The van der Waals surface area contributed by atoms with Crippen molar-refractivity contribution in [2.75, 3.05) is 0 Å². The molecule has 2 heterocycles. The summed E-state index contributed by atoms with van der Waals surface area (Å²) >= 11 is 2.98. The van der Waals surface area contributed by atoms with E-state index in [1.54, 1.807) is 6.07 Å². The topological polar surface area (TPSA) is 106 Å². The van der Waals surface area contributed by atoms with Crippen molar-refractivity contribution in [3.63, 3.8) is 0 Å². The van der Waals surface area contributed by atoms with Gasteiger partial charge in [-0.2, -0.15) is 0 Å². The fraction of sp³-hybridized carbons (Fsp3) is 0.222. The number of aliphatic hydroxyl groups is 1. The van der Waals surface area contributed by atoms with Crippen molar-refractivity contribution in [2.45, 2.75) is 18.0 Å². The normalized spacial score (nSPS) is 11.9. The second-order valence-electron chi connectivity index (χ2n) is 3.32. The van der Waals surface area contributed by atoms with Crippen LogP contribution >= 0.6 is 15.9 Å². The number of hydrogen-bond donors (Lipinski definition) is 2. The summed E-state index contributed by atoms with van der Waals surface area (Å²) < 4.78 is 35.8. The molecule has 0 saturated heterocycles. The highest BCUT2D eigenvalue weighted by Gasteiger charge is 2.22. The van der Waals surface area contributed by atoms with Gasteiger partial charge in [-0.05, 0) is 15.9 Å². The van der Waals surface area contributed by atoms with Crippen LogP contribution in [0.25, 0.3) is 0 Å². The molecule has 9 heteroatoms. The Kier molecular flexibility index (Phi) is 3.85. The molecule has 2 rings (SSSR count). The Morgan fingerprint density at radius 3 is 2.83 bits per heavy atom. The van der Waals surface area contributed by atoms with Crippen LogP contribution in [0.5, 0.6) is 0 Å². The van der Waals surface area contributed by atoms with Crippen molar-refractivity contribution in [3.05, 3.63) is 34.5 Å². The van der Waals surface area contributed by atoms with Gasteiger partial charge in [-0.1, -0.05) is 5.16 Å². The number of hydrogen-bond acceptors (Lipinski definition) is 6. The van der Waals surface area contributed by atoms with Gasteiger partial charge in [0.25, 0.3) is 0 Å². The van der Waals surface area contributed by atoms with Crippen LogP contribution in [0.3, 0.4) is 0 Å². The molecule has 0 amide bonds. The Hall–Kier alpha value is -1.16. The molecule has 0 aliphatic heterocycles. The maximum atomic E-state index is 11.9. The van der Waals surface area contributed by atoms with E-state index in [-0.39, 0.29) is 28.5 Å². The minimum Gasteiger partial charge on any atom is -0.450 e. The van der Waals surface area contributed by atoms with Crippen molar-refractivity contribution in [1.29, 1.82) is 0 Å². The first-order valence-electron chi connectivity index (χ1n) is 4.81. The number of aliphatic hydroxyl groups excluding tert-OH is 1. The molecule has 18 heavy (non-hydrogen) atoms. The average Bonchev–Trinajstić information content (AvgIpc) is 2.95. The first-order chi connectivity index (χ1) is 8.53. The second-order valence-corrected chi connectivity index (χ2v) is 5.78. The van der Waals surface area contributed by atoms with Gasteiger partial charge in [0.2, 0.25) is 10.0 Å². The maximum Gasteiger partial charge on any atom is 0.245 e. The highest BCUT2D eigenvalue weighted by Crippen LogP contribution is 2.26. The molecule has 0 fully saturated rings. The molecule has 0 saturated carbocycles.